The van der Waals surface area contributed by atoms with Crippen LogP contribution in [0.5, 0.6) is 0 Å². The monoisotopic (exact) mass is 357 g/mol. The minimum atomic E-state index is -5.54. The second-order valence-corrected chi connectivity index (χ2v) is 7.29. The normalized spacial score (nSPS) is 20.4. The molecule has 0 spiro atoms. The number of halogens is 7. The molecule has 0 aromatic heterocycles. The van der Waals surface area contributed by atoms with Gasteiger partial charge < -0.3 is 4.90 Å². The first kappa shape index (κ1) is 18.9. The molecule has 1 nitrogen and oxygen atoms in total. The number of hydrogen-bond acceptors (Lipinski definition) is 1. The average Bonchev–Trinajstić information content (AvgIpc) is 2.37. The molecule has 1 fully saturated rings. The summed E-state index contributed by atoms with van der Waals surface area (Å²) in [6.45, 7) is 6.50. The van der Waals surface area contributed by atoms with Crippen LogP contribution in [-0.4, -0.2) is 11.1 Å². The lowest BCUT2D eigenvalue weighted by molar-refractivity contribution is -0.143. The van der Waals surface area contributed by atoms with Crippen LogP contribution in [0.25, 0.3) is 0 Å². The van der Waals surface area contributed by atoms with Crippen LogP contribution in [0.15, 0.2) is 0 Å². The fraction of sp³-hybridized carbons (Fsp3) is 0.625. The third-order valence-corrected chi connectivity index (χ3v) is 4.54. The van der Waals surface area contributed by atoms with Crippen molar-refractivity contribution in [1.29, 1.82) is 0 Å². The summed E-state index contributed by atoms with van der Waals surface area (Å²) in [4.78, 5) is 1.15. The Morgan fingerprint density at radius 1 is 0.750 bits per heavy atom. The van der Waals surface area contributed by atoms with Gasteiger partial charge in [0.2, 0.25) is 0 Å². The van der Waals surface area contributed by atoms with Gasteiger partial charge in [0.15, 0.2) is 23.3 Å². The van der Waals surface area contributed by atoms with Crippen LogP contribution >= 0.6 is 0 Å². The predicted octanol–water partition coefficient (Wildman–Crippen LogP) is 5.81. The minimum Gasteiger partial charge on any atom is -0.356 e. The first-order valence-corrected chi connectivity index (χ1v) is 7.45. The Hall–Kier alpha value is -1.47. The highest BCUT2D eigenvalue weighted by molar-refractivity contribution is 5.57. The van der Waals surface area contributed by atoms with Crippen LogP contribution < -0.4 is 4.90 Å². The first-order chi connectivity index (χ1) is 10.7. The first-order valence-electron chi connectivity index (χ1n) is 7.45. The molecule has 1 aliphatic rings. The molecule has 8 heteroatoms. The third kappa shape index (κ3) is 2.84. The Kier molecular flexibility index (Phi) is 4.34. The Labute approximate surface area is 135 Å². The van der Waals surface area contributed by atoms with E-state index in [0.29, 0.717) is 19.3 Å². The summed E-state index contributed by atoms with van der Waals surface area (Å²) in [5, 5.41) is 0. The van der Waals surface area contributed by atoms with E-state index >= 15 is 0 Å². The zero-order valence-corrected chi connectivity index (χ0v) is 13.7. The average molecular weight is 357 g/mol. The molecular formula is C16H18F7N. The Morgan fingerprint density at radius 3 is 1.46 bits per heavy atom. The van der Waals surface area contributed by atoms with E-state index in [1.165, 1.54) is 0 Å². The highest BCUT2D eigenvalue weighted by Gasteiger charge is 2.48. The van der Waals surface area contributed by atoms with Gasteiger partial charge in [-0.15, -0.1) is 0 Å². The van der Waals surface area contributed by atoms with Crippen molar-refractivity contribution in [3.8, 4) is 0 Å². The molecule has 0 unspecified atom stereocenters. The quantitative estimate of drug-likeness (QED) is 0.453. The number of nitrogens with zero attached hydrogens (tertiary/aromatic N) is 1. The number of alkyl halides is 3. The lowest BCUT2D eigenvalue weighted by Crippen LogP contribution is -2.59. The zero-order chi connectivity index (χ0) is 18.7. The summed E-state index contributed by atoms with van der Waals surface area (Å²) in [5.41, 5.74) is -5.41. The van der Waals surface area contributed by atoms with Crippen molar-refractivity contribution in [2.45, 2.75) is 64.2 Å². The smallest absolute Gasteiger partial charge is 0.356 e. The van der Waals surface area contributed by atoms with Crippen molar-refractivity contribution in [3.63, 3.8) is 0 Å². The van der Waals surface area contributed by atoms with E-state index in [9.17, 15) is 30.7 Å². The minimum absolute atomic E-state index is 0.472. The Morgan fingerprint density at radius 2 is 1.12 bits per heavy atom. The molecule has 136 valence electrons. The molecule has 1 saturated heterocycles. The largest absolute Gasteiger partial charge is 0.422 e. The van der Waals surface area contributed by atoms with Gasteiger partial charge in [-0.1, -0.05) is 0 Å². The summed E-state index contributed by atoms with van der Waals surface area (Å²) in [7, 11) is 0. The number of rotatable bonds is 1. The molecule has 1 heterocycles. The topological polar surface area (TPSA) is 3.24 Å². The summed E-state index contributed by atoms with van der Waals surface area (Å²) < 4.78 is 94.8. The van der Waals surface area contributed by atoms with E-state index in [4.69, 9.17) is 0 Å². The Bertz CT molecular complexity index is 616. The van der Waals surface area contributed by atoms with Crippen LogP contribution in [0, 0.1) is 23.3 Å². The van der Waals surface area contributed by atoms with E-state index in [1.807, 2.05) is 0 Å². The maximum absolute atomic E-state index is 14.4. The van der Waals surface area contributed by atoms with Gasteiger partial charge in [0, 0.05) is 11.1 Å². The van der Waals surface area contributed by atoms with Gasteiger partial charge >= 0.3 is 6.18 Å². The number of hydrogen-bond donors (Lipinski definition) is 0. The molecule has 0 atom stereocenters. The molecule has 1 aromatic rings. The standard InChI is InChI=1S/C16H18F7N/c1-14(2)6-5-7-15(3,4)24(14)13-11(19)9(17)8(16(21,22)23)10(18)12(13)20/h5-7H2,1-4H3. The van der Waals surface area contributed by atoms with Crippen molar-refractivity contribution in [2.75, 3.05) is 4.90 Å². The van der Waals surface area contributed by atoms with Gasteiger partial charge in [0.25, 0.3) is 0 Å². The SMILES string of the molecule is CC1(C)CCCC(C)(C)N1c1c(F)c(F)c(C(F)(F)F)c(F)c1F. The van der Waals surface area contributed by atoms with Gasteiger partial charge in [0.05, 0.1) is 0 Å². The van der Waals surface area contributed by atoms with Crippen LogP contribution in [0.2, 0.25) is 0 Å². The predicted molar refractivity (Wildman–Crippen MR) is 75.8 cm³/mol. The zero-order valence-electron chi connectivity index (χ0n) is 13.7. The van der Waals surface area contributed by atoms with E-state index in [1.54, 1.807) is 27.7 Å². The highest BCUT2D eigenvalue weighted by Crippen LogP contribution is 2.47. The van der Waals surface area contributed by atoms with E-state index in [-0.39, 0.29) is 0 Å². The molecule has 24 heavy (non-hydrogen) atoms. The van der Waals surface area contributed by atoms with E-state index in [2.05, 4.69) is 0 Å². The molecular weight excluding hydrogens is 339 g/mol. The van der Waals surface area contributed by atoms with E-state index < -0.39 is 51.8 Å². The molecule has 0 bridgehead atoms. The van der Waals surface area contributed by atoms with Crippen molar-refractivity contribution >= 4 is 5.69 Å². The lowest BCUT2D eigenvalue weighted by Gasteiger charge is -2.54. The second-order valence-electron chi connectivity index (χ2n) is 7.29. The van der Waals surface area contributed by atoms with Gasteiger partial charge in [0.1, 0.15) is 11.3 Å². The van der Waals surface area contributed by atoms with Crippen molar-refractivity contribution in [2.24, 2.45) is 0 Å². The summed E-state index contributed by atoms with van der Waals surface area (Å²) in [6, 6.07) is 0. The van der Waals surface area contributed by atoms with E-state index in [0.717, 1.165) is 4.90 Å². The molecule has 1 aliphatic heterocycles. The molecule has 2 rings (SSSR count). The summed E-state index contributed by atoms with van der Waals surface area (Å²) >= 11 is 0. The maximum Gasteiger partial charge on any atom is 0.422 e. The number of anilines is 1. The fourth-order valence-corrected chi connectivity index (χ4v) is 3.67. The third-order valence-electron chi connectivity index (χ3n) is 4.54. The second kappa shape index (κ2) is 5.52. The summed E-state index contributed by atoms with van der Waals surface area (Å²) in [6.07, 6.45) is -3.88. The fourth-order valence-electron chi connectivity index (χ4n) is 3.67. The molecule has 0 aliphatic carbocycles. The van der Waals surface area contributed by atoms with Crippen molar-refractivity contribution in [1.82, 2.24) is 0 Å². The highest BCUT2D eigenvalue weighted by atomic mass is 19.4. The van der Waals surface area contributed by atoms with Gasteiger partial charge in [-0.25, -0.2) is 17.6 Å². The summed E-state index contributed by atoms with van der Waals surface area (Å²) in [5.74, 6) is -8.89. The van der Waals surface area contributed by atoms with Crippen LogP contribution in [0.1, 0.15) is 52.5 Å². The van der Waals surface area contributed by atoms with Crippen LogP contribution in [-0.2, 0) is 6.18 Å². The Balaban J connectivity index is 2.81. The van der Waals surface area contributed by atoms with Gasteiger partial charge in [-0.2, -0.15) is 13.2 Å². The van der Waals surface area contributed by atoms with Crippen molar-refractivity contribution in [3.05, 3.63) is 28.8 Å². The van der Waals surface area contributed by atoms with Gasteiger partial charge in [-0.3, -0.25) is 0 Å². The number of benzene rings is 1. The molecule has 0 saturated carbocycles. The molecule has 0 N–H and O–H groups in total. The number of piperidine rings is 1. The van der Waals surface area contributed by atoms with Crippen LogP contribution in [0.4, 0.5) is 36.4 Å². The maximum atomic E-state index is 14.4. The molecule has 0 radical (unpaired) electrons. The van der Waals surface area contributed by atoms with Crippen molar-refractivity contribution < 1.29 is 30.7 Å². The lowest BCUT2D eigenvalue weighted by atomic mass is 9.79. The molecule has 0 amide bonds. The van der Waals surface area contributed by atoms with Gasteiger partial charge in [-0.05, 0) is 47.0 Å². The molecule has 1 aromatic carbocycles. The van der Waals surface area contributed by atoms with Crippen LogP contribution in [0.3, 0.4) is 0 Å².